The lowest BCUT2D eigenvalue weighted by atomic mass is 10.1. The summed E-state index contributed by atoms with van der Waals surface area (Å²) in [6.45, 7) is 1.17. The van der Waals surface area contributed by atoms with E-state index in [9.17, 15) is 27.7 Å². The molecule has 0 aliphatic carbocycles. The number of likely N-dealkylation sites (N-methyl/N-ethyl adjacent to an activating group) is 1. The van der Waals surface area contributed by atoms with Crippen molar-refractivity contribution in [2.75, 3.05) is 13.6 Å². The number of halogens is 1. The monoisotopic (exact) mass is 395 g/mol. The maximum atomic E-state index is 12.9. The van der Waals surface area contributed by atoms with Crippen LogP contribution in [-0.4, -0.2) is 37.7 Å². The van der Waals surface area contributed by atoms with E-state index in [4.69, 9.17) is 0 Å². The molecule has 0 radical (unpaired) electrons. The molecule has 1 atom stereocenters. The number of nitro benzene ring substituents is 1. The number of rotatable bonds is 7. The molecule has 8 nitrogen and oxygen atoms in total. The van der Waals surface area contributed by atoms with E-state index in [1.807, 2.05) is 0 Å². The molecule has 2 rings (SSSR count). The minimum absolute atomic E-state index is 0.0998. The van der Waals surface area contributed by atoms with Gasteiger partial charge in [-0.25, -0.2) is 17.5 Å². The van der Waals surface area contributed by atoms with Crippen LogP contribution in [-0.2, 0) is 14.8 Å². The first-order valence-corrected chi connectivity index (χ1v) is 9.35. The lowest BCUT2D eigenvalue weighted by Gasteiger charge is -2.25. The van der Waals surface area contributed by atoms with Gasteiger partial charge in [0.2, 0.25) is 15.9 Å². The van der Waals surface area contributed by atoms with Crippen molar-refractivity contribution >= 4 is 21.6 Å². The normalized spacial score (nSPS) is 12.4. The third-order valence-electron chi connectivity index (χ3n) is 4.08. The smallest absolute Gasteiger partial charge is 0.269 e. The van der Waals surface area contributed by atoms with Crippen LogP contribution in [0.2, 0.25) is 0 Å². The van der Waals surface area contributed by atoms with Gasteiger partial charge in [0.05, 0.1) is 22.4 Å². The zero-order chi connectivity index (χ0) is 20.2. The quantitative estimate of drug-likeness (QED) is 0.571. The molecule has 2 aromatic carbocycles. The summed E-state index contributed by atoms with van der Waals surface area (Å²) in [5.74, 6) is -1.10. The van der Waals surface area contributed by atoms with Crippen molar-refractivity contribution in [2.45, 2.75) is 17.9 Å². The molecule has 1 N–H and O–H groups in total. The molecule has 0 fully saturated rings. The maximum absolute atomic E-state index is 12.9. The summed E-state index contributed by atoms with van der Waals surface area (Å²) in [5, 5.41) is 10.9. The number of carbonyl (C=O) groups excluding carboxylic acids is 1. The Kier molecular flexibility index (Phi) is 6.24. The van der Waals surface area contributed by atoms with Gasteiger partial charge in [0.25, 0.3) is 5.69 Å². The molecule has 0 bridgehead atoms. The fraction of sp³-hybridized carbons (Fsp3) is 0.235. The minimum Gasteiger partial charge on any atom is -0.338 e. The minimum atomic E-state index is -3.97. The molecule has 0 saturated heterocycles. The molecule has 144 valence electrons. The molecule has 1 amide bonds. The zero-order valence-electron chi connectivity index (χ0n) is 14.6. The lowest BCUT2D eigenvalue weighted by molar-refractivity contribution is -0.384. The number of carbonyl (C=O) groups is 1. The average Bonchev–Trinajstić information content (AvgIpc) is 2.65. The lowest BCUT2D eigenvalue weighted by Crippen LogP contribution is -2.39. The Labute approximate surface area is 155 Å². The van der Waals surface area contributed by atoms with E-state index in [-0.39, 0.29) is 10.6 Å². The fourth-order valence-corrected chi connectivity index (χ4v) is 3.29. The van der Waals surface area contributed by atoms with E-state index in [0.29, 0.717) is 5.56 Å². The summed E-state index contributed by atoms with van der Waals surface area (Å²) in [6, 6.07) is 9.55. The SMILES string of the molecule is C[C@H](c1cccc([N+](=O)[O-])c1)N(C)C(=O)CNS(=O)(=O)c1ccc(F)cc1. The topological polar surface area (TPSA) is 110 Å². The molecule has 27 heavy (non-hydrogen) atoms. The number of nitrogens with zero attached hydrogens (tertiary/aromatic N) is 2. The molecule has 0 aliphatic rings. The molecular weight excluding hydrogens is 377 g/mol. The van der Waals surface area contributed by atoms with Gasteiger partial charge in [0, 0.05) is 19.2 Å². The number of hydrogen-bond acceptors (Lipinski definition) is 5. The van der Waals surface area contributed by atoms with Crippen molar-refractivity contribution in [1.29, 1.82) is 0 Å². The van der Waals surface area contributed by atoms with E-state index >= 15 is 0 Å². The highest BCUT2D eigenvalue weighted by atomic mass is 32.2. The summed E-state index contributed by atoms with van der Waals surface area (Å²) < 4.78 is 39.4. The van der Waals surface area contributed by atoms with Crippen LogP contribution in [0, 0.1) is 15.9 Å². The number of benzene rings is 2. The van der Waals surface area contributed by atoms with Crippen LogP contribution in [0.1, 0.15) is 18.5 Å². The van der Waals surface area contributed by atoms with Crippen LogP contribution >= 0.6 is 0 Å². The summed E-state index contributed by atoms with van der Waals surface area (Å²) in [7, 11) is -2.50. The van der Waals surface area contributed by atoms with Gasteiger partial charge < -0.3 is 4.90 Å². The molecule has 0 aliphatic heterocycles. The van der Waals surface area contributed by atoms with Crippen LogP contribution in [0.25, 0.3) is 0 Å². The highest BCUT2D eigenvalue weighted by Gasteiger charge is 2.22. The van der Waals surface area contributed by atoms with Crippen molar-refractivity contribution < 1.29 is 22.5 Å². The number of amides is 1. The molecule has 0 aromatic heterocycles. The Balaban J connectivity index is 2.05. The molecule has 0 heterocycles. The predicted octanol–water partition coefficient (Wildman–Crippen LogP) is 2.23. The Morgan fingerprint density at radius 1 is 1.26 bits per heavy atom. The Bertz CT molecular complexity index is 947. The van der Waals surface area contributed by atoms with Crippen LogP contribution in [0.5, 0.6) is 0 Å². The third-order valence-corrected chi connectivity index (χ3v) is 5.49. The number of sulfonamides is 1. The molecule has 0 spiro atoms. The number of nitro groups is 1. The highest BCUT2D eigenvalue weighted by Crippen LogP contribution is 2.23. The van der Waals surface area contributed by atoms with Crippen LogP contribution in [0.15, 0.2) is 53.4 Å². The average molecular weight is 395 g/mol. The molecule has 2 aromatic rings. The molecule has 10 heteroatoms. The van der Waals surface area contributed by atoms with E-state index in [1.165, 1.54) is 30.1 Å². The Morgan fingerprint density at radius 3 is 2.48 bits per heavy atom. The van der Waals surface area contributed by atoms with Crippen molar-refractivity contribution in [3.63, 3.8) is 0 Å². The number of nitrogens with one attached hydrogen (secondary N) is 1. The predicted molar refractivity (Wildman–Crippen MR) is 95.9 cm³/mol. The summed E-state index contributed by atoms with van der Waals surface area (Å²) in [5.41, 5.74) is 0.443. The number of hydrogen-bond donors (Lipinski definition) is 1. The Hall–Kier alpha value is -2.85. The third kappa shape index (κ3) is 5.08. The van der Waals surface area contributed by atoms with Crippen LogP contribution < -0.4 is 4.72 Å². The highest BCUT2D eigenvalue weighted by molar-refractivity contribution is 7.89. The standard InChI is InChI=1S/C17H18FN3O5S/c1-12(13-4-3-5-15(10-13)21(23)24)20(2)17(22)11-19-27(25,26)16-8-6-14(18)7-9-16/h3-10,12,19H,11H2,1-2H3/t12-/m1/s1. The van der Waals surface area contributed by atoms with Gasteiger partial charge >= 0.3 is 0 Å². The second-order valence-corrected chi connectivity index (χ2v) is 7.58. The summed E-state index contributed by atoms with van der Waals surface area (Å²) >= 11 is 0. The van der Waals surface area contributed by atoms with Gasteiger partial charge in [-0.3, -0.25) is 14.9 Å². The second-order valence-electron chi connectivity index (χ2n) is 5.81. The first kappa shape index (κ1) is 20.5. The summed E-state index contributed by atoms with van der Waals surface area (Å²) in [6.07, 6.45) is 0. The van der Waals surface area contributed by atoms with Crippen molar-refractivity contribution in [3.05, 3.63) is 70.0 Å². The summed E-state index contributed by atoms with van der Waals surface area (Å²) in [4.78, 5) is 23.8. The maximum Gasteiger partial charge on any atom is 0.269 e. The van der Waals surface area contributed by atoms with E-state index in [1.54, 1.807) is 13.0 Å². The largest absolute Gasteiger partial charge is 0.338 e. The first-order chi connectivity index (χ1) is 12.6. The van der Waals surface area contributed by atoms with Crippen molar-refractivity contribution in [1.82, 2.24) is 9.62 Å². The Morgan fingerprint density at radius 2 is 1.89 bits per heavy atom. The van der Waals surface area contributed by atoms with Gasteiger partial charge in [0.1, 0.15) is 5.82 Å². The fourth-order valence-electron chi connectivity index (χ4n) is 2.32. The zero-order valence-corrected chi connectivity index (χ0v) is 15.4. The van der Waals surface area contributed by atoms with Crippen molar-refractivity contribution in [3.8, 4) is 0 Å². The van der Waals surface area contributed by atoms with Gasteiger partial charge in [-0.2, -0.15) is 0 Å². The van der Waals surface area contributed by atoms with E-state index in [0.717, 1.165) is 24.3 Å². The second kappa shape index (κ2) is 8.23. The molecule has 0 unspecified atom stereocenters. The number of non-ortho nitro benzene ring substituents is 1. The van der Waals surface area contributed by atoms with E-state index in [2.05, 4.69) is 4.72 Å². The molecular formula is C17H18FN3O5S. The van der Waals surface area contributed by atoms with Crippen molar-refractivity contribution in [2.24, 2.45) is 0 Å². The van der Waals surface area contributed by atoms with Crippen LogP contribution in [0.3, 0.4) is 0 Å². The van der Waals surface area contributed by atoms with Gasteiger partial charge in [-0.15, -0.1) is 0 Å². The van der Waals surface area contributed by atoms with Gasteiger partial charge in [-0.05, 0) is 36.8 Å². The molecule has 0 saturated carbocycles. The van der Waals surface area contributed by atoms with Crippen LogP contribution in [0.4, 0.5) is 10.1 Å². The first-order valence-electron chi connectivity index (χ1n) is 7.87. The van der Waals surface area contributed by atoms with E-state index < -0.39 is 39.3 Å². The van der Waals surface area contributed by atoms with Gasteiger partial charge in [0.15, 0.2) is 0 Å². The van der Waals surface area contributed by atoms with Gasteiger partial charge in [-0.1, -0.05) is 12.1 Å².